The first-order chi connectivity index (χ1) is 8.50. The van der Waals surface area contributed by atoms with Gasteiger partial charge in [-0.2, -0.15) is 0 Å². The number of rotatable bonds is 1. The van der Waals surface area contributed by atoms with Crippen LogP contribution in [-0.4, -0.2) is 19.1 Å². The van der Waals surface area contributed by atoms with Gasteiger partial charge in [0, 0.05) is 41.8 Å². The molecule has 2 nitrogen and oxygen atoms in total. The van der Waals surface area contributed by atoms with E-state index in [2.05, 4.69) is 4.98 Å². The number of benzene rings is 1. The molecule has 0 amide bonds. The van der Waals surface area contributed by atoms with Crippen LogP contribution in [0.15, 0.2) is 42.7 Å². The zero-order valence-corrected chi connectivity index (χ0v) is 12.2. The highest BCUT2D eigenvalue weighted by atomic mass is 127. The highest BCUT2D eigenvalue weighted by Crippen LogP contribution is 2.10. The number of hydrogen-bond acceptors (Lipinski definition) is 2. The normalized spacial score (nSPS) is 9.39. The van der Waals surface area contributed by atoms with Crippen molar-refractivity contribution in [3.8, 4) is 0 Å². The summed E-state index contributed by atoms with van der Waals surface area (Å²) in [4.78, 5) is 5.94. The molecule has 0 spiro atoms. The Kier molecular flexibility index (Phi) is 5.97. The maximum Gasteiger partial charge on any atom is 0.139 e. The number of hydrogen-bond donors (Lipinski definition) is 0. The van der Waals surface area contributed by atoms with Crippen LogP contribution in [0, 0.1) is 15.2 Å². The molecular formula is C13H13F2IN2. The van der Waals surface area contributed by atoms with Gasteiger partial charge in [-0.05, 0) is 46.9 Å². The van der Waals surface area contributed by atoms with E-state index < -0.39 is 11.6 Å². The number of halogens is 3. The minimum Gasteiger partial charge on any atom is -0.378 e. The molecule has 0 aliphatic carbocycles. The first kappa shape index (κ1) is 14.8. The van der Waals surface area contributed by atoms with Crippen LogP contribution in [0.1, 0.15) is 0 Å². The number of pyridine rings is 1. The van der Waals surface area contributed by atoms with Crippen molar-refractivity contribution < 1.29 is 8.78 Å². The van der Waals surface area contributed by atoms with Gasteiger partial charge in [-0.25, -0.2) is 8.78 Å². The predicted octanol–water partition coefficient (Wildman–Crippen LogP) is 3.72. The zero-order valence-electron chi connectivity index (χ0n) is 10.1. The average Bonchev–Trinajstić information content (AvgIpc) is 2.36. The summed E-state index contributed by atoms with van der Waals surface area (Å²) in [7, 11) is 4.02. The number of anilines is 1. The molecule has 2 aromatic rings. The molecule has 0 saturated carbocycles. The van der Waals surface area contributed by atoms with Crippen LogP contribution in [0.5, 0.6) is 0 Å². The molecule has 0 unspecified atom stereocenters. The van der Waals surface area contributed by atoms with E-state index >= 15 is 0 Å². The maximum atomic E-state index is 12.3. The average molecular weight is 362 g/mol. The lowest BCUT2D eigenvalue weighted by molar-refractivity contribution is 0.578. The van der Waals surface area contributed by atoms with Crippen molar-refractivity contribution >= 4 is 28.3 Å². The molecule has 0 radical (unpaired) electrons. The molecule has 96 valence electrons. The molecule has 18 heavy (non-hydrogen) atoms. The van der Waals surface area contributed by atoms with Crippen LogP contribution in [0.25, 0.3) is 0 Å². The first-order valence-corrected chi connectivity index (χ1v) is 6.26. The van der Waals surface area contributed by atoms with Crippen LogP contribution < -0.4 is 4.90 Å². The maximum absolute atomic E-state index is 12.3. The Morgan fingerprint density at radius 3 is 2.06 bits per heavy atom. The molecule has 0 saturated heterocycles. The van der Waals surface area contributed by atoms with Gasteiger partial charge in [-0.1, -0.05) is 0 Å². The lowest BCUT2D eigenvalue weighted by Crippen LogP contribution is -2.07. The molecule has 2 rings (SSSR count). The second kappa shape index (κ2) is 7.25. The van der Waals surface area contributed by atoms with E-state index in [1.807, 2.05) is 31.1 Å². The van der Waals surface area contributed by atoms with E-state index in [9.17, 15) is 8.78 Å². The molecule has 5 heteroatoms. The Bertz CT molecular complexity index is 490. The van der Waals surface area contributed by atoms with E-state index in [-0.39, 0.29) is 0 Å². The predicted molar refractivity (Wildman–Crippen MR) is 77.6 cm³/mol. The third-order valence-corrected chi connectivity index (χ3v) is 2.94. The van der Waals surface area contributed by atoms with E-state index in [0.717, 1.165) is 6.07 Å². The summed E-state index contributed by atoms with van der Waals surface area (Å²) in [5.74, 6) is -1.04. The molecule has 0 bridgehead atoms. The lowest BCUT2D eigenvalue weighted by atomic mass is 10.3. The number of nitrogens with zero attached hydrogens (tertiary/aromatic N) is 2. The zero-order chi connectivity index (χ0) is 13.5. The number of aromatic nitrogens is 1. The van der Waals surface area contributed by atoms with Crippen LogP contribution in [-0.2, 0) is 0 Å². The van der Waals surface area contributed by atoms with Crippen molar-refractivity contribution in [3.63, 3.8) is 0 Å². The third kappa shape index (κ3) is 4.95. The summed E-state index contributed by atoms with van der Waals surface area (Å²) in [6.45, 7) is 0. The Morgan fingerprint density at radius 2 is 1.67 bits per heavy atom. The molecule has 0 aliphatic rings. The van der Waals surface area contributed by atoms with Gasteiger partial charge in [-0.3, -0.25) is 4.98 Å². The molecule has 1 heterocycles. The largest absolute Gasteiger partial charge is 0.378 e. The minimum absolute atomic E-state index is 0.439. The summed E-state index contributed by atoms with van der Waals surface area (Å²) in [6, 6.07) is 7.43. The van der Waals surface area contributed by atoms with Crippen LogP contribution in [0.3, 0.4) is 0 Å². The van der Waals surface area contributed by atoms with Gasteiger partial charge in [0.05, 0.1) is 0 Å². The van der Waals surface area contributed by atoms with Crippen LogP contribution >= 0.6 is 22.6 Å². The van der Waals surface area contributed by atoms with E-state index in [1.165, 1.54) is 17.8 Å². The fraction of sp³-hybridized carbons (Fsp3) is 0.154. The van der Waals surface area contributed by atoms with Crippen molar-refractivity contribution in [1.29, 1.82) is 0 Å². The Morgan fingerprint density at radius 1 is 1.06 bits per heavy atom. The lowest BCUT2D eigenvalue weighted by Gasteiger charge is -2.10. The first-order valence-electron chi connectivity index (χ1n) is 5.18. The molecule has 0 fully saturated rings. The van der Waals surface area contributed by atoms with E-state index in [4.69, 9.17) is 0 Å². The summed E-state index contributed by atoms with van der Waals surface area (Å²) < 4.78 is 24.9. The SMILES string of the molecule is CN(C)c1ccncc1.Fc1ccc(I)c(F)c1. The fourth-order valence-electron chi connectivity index (χ4n) is 1.11. The Hall–Kier alpha value is -1.24. The smallest absolute Gasteiger partial charge is 0.139 e. The van der Waals surface area contributed by atoms with Gasteiger partial charge in [0.1, 0.15) is 11.6 Å². The summed E-state index contributed by atoms with van der Waals surface area (Å²) >= 11 is 1.80. The van der Waals surface area contributed by atoms with Gasteiger partial charge in [0.2, 0.25) is 0 Å². The van der Waals surface area contributed by atoms with Crippen molar-refractivity contribution in [2.75, 3.05) is 19.0 Å². The van der Waals surface area contributed by atoms with Crippen molar-refractivity contribution in [2.24, 2.45) is 0 Å². The van der Waals surface area contributed by atoms with Crippen molar-refractivity contribution in [1.82, 2.24) is 4.98 Å². The summed E-state index contributed by atoms with van der Waals surface area (Å²) in [5.41, 5.74) is 1.19. The highest BCUT2D eigenvalue weighted by molar-refractivity contribution is 14.1. The quantitative estimate of drug-likeness (QED) is 0.568. The second-order valence-electron chi connectivity index (χ2n) is 3.66. The van der Waals surface area contributed by atoms with Crippen molar-refractivity contribution in [3.05, 3.63) is 57.9 Å². The molecule has 0 atom stereocenters. The monoisotopic (exact) mass is 362 g/mol. The second-order valence-corrected chi connectivity index (χ2v) is 4.82. The summed E-state index contributed by atoms with van der Waals surface area (Å²) in [6.07, 6.45) is 3.57. The molecule has 0 N–H and O–H groups in total. The van der Waals surface area contributed by atoms with Gasteiger partial charge < -0.3 is 4.90 Å². The third-order valence-electron chi connectivity index (χ3n) is 2.06. The van der Waals surface area contributed by atoms with E-state index in [0.29, 0.717) is 3.57 Å². The topological polar surface area (TPSA) is 16.1 Å². The van der Waals surface area contributed by atoms with Crippen molar-refractivity contribution in [2.45, 2.75) is 0 Å². The van der Waals surface area contributed by atoms with Gasteiger partial charge in [0.25, 0.3) is 0 Å². The standard InChI is InChI=1S/C7H10N2.C6H3F2I/c1-9(2)7-3-5-8-6-4-7;7-4-1-2-6(9)5(8)3-4/h3-6H,1-2H3;1-3H. The molecular weight excluding hydrogens is 349 g/mol. The van der Waals surface area contributed by atoms with Gasteiger partial charge in [0.15, 0.2) is 0 Å². The molecule has 0 aliphatic heterocycles. The minimum atomic E-state index is -0.534. The molecule has 1 aromatic carbocycles. The van der Waals surface area contributed by atoms with Crippen LogP contribution in [0.4, 0.5) is 14.5 Å². The fourth-order valence-corrected chi connectivity index (χ4v) is 1.45. The highest BCUT2D eigenvalue weighted by Gasteiger charge is 1.97. The molecule has 1 aromatic heterocycles. The Balaban J connectivity index is 0.000000180. The van der Waals surface area contributed by atoms with Gasteiger partial charge >= 0.3 is 0 Å². The Labute approximate surface area is 119 Å². The summed E-state index contributed by atoms with van der Waals surface area (Å²) in [5, 5.41) is 0. The van der Waals surface area contributed by atoms with Gasteiger partial charge in [-0.15, -0.1) is 0 Å². The van der Waals surface area contributed by atoms with Crippen LogP contribution in [0.2, 0.25) is 0 Å². The van der Waals surface area contributed by atoms with E-state index in [1.54, 1.807) is 35.0 Å².